The highest BCUT2D eigenvalue weighted by Crippen LogP contribution is 2.27. The summed E-state index contributed by atoms with van der Waals surface area (Å²) in [6, 6.07) is 21.9. The number of carbonyl (C=O) groups excluding carboxylic acids is 6. The molecule has 6 rings (SSSR count). The van der Waals surface area contributed by atoms with Crippen molar-refractivity contribution in [3.8, 4) is 0 Å². The molecule has 3 aromatic heterocycles. The average molecular weight is 874 g/mol. The number of para-hydroxylation sites is 3. The molecule has 2 atom stereocenters. The lowest BCUT2D eigenvalue weighted by molar-refractivity contribution is -0.200. The summed E-state index contributed by atoms with van der Waals surface area (Å²) < 4.78 is 9.10. The molecule has 0 aliphatic rings. The van der Waals surface area contributed by atoms with Crippen molar-refractivity contribution in [1.29, 1.82) is 0 Å². The van der Waals surface area contributed by atoms with Gasteiger partial charge < -0.3 is 55.1 Å². The summed E-state index contributed by atoms with van der Waals surface area (Å²) in [5, 5.41) is 56.2. The average Bonchev–Trinajstić information content (AvgIpc) is 3.95. The second-order valence-corrected chi connectivity index (χ2v) is 13.3. The first-order valence-electron chi connectivity index (χ1n) is 18.1. The van der Waals surface area contributed by atoms with Crippen LogP contribution >= 0.6 is 0 Å². The monoisotopic (exact) mass is 873 g/mol. The standard InChI is InChI=1S/2C14H13NO6.C11H9NO3.C3H4O3/c2*16-8-21-14(20,6-12(17)13(18)19)5-9-7-15-11-4-2-1-3-10(9)11;13-10(11(14)15)5-7-6-12-9-4-2-1-3-8(7)9;1-2(4)3(5)6/h2*1-4,7-8,15,20H,5-6H2,(H,18,19);1-4,6,12H,5H2,(H,14,15);1H3,(H,5,6)/t2*14-;;/m10../s1. The van der Waals surface area contributed by atoms with E-state index in [9.17, 15) is 58.2 Å². The van der Waals surface area contributed by atoms with E-state index in [2.05, 4.69) is 24.4 Å². The van der Waals surface area contributed by atoms with Crippen molar-refractivity contribution in [2.75, 3.05) is 0 Å². The van der Waals surface area contributed by atoms with Crippen molar-refractivity contribution < 1.29 is 88.1 Å². The third kappa shape index (κ3) is 14.4. The molecule has 0 bridgehead atoms. The number of nitrogens with one attached hydrogen (secondary N) is 3. The molecule has 0 amide bonds. The topological polar surface area (TPSA) is 358 Å². The van der Waals surface area contributed by atoms with Gasteiger partial charge in [-0.05, 0) is 34.9 Å². The third-order valence-electron chi connectivity index (χ3n) is 8.73. The van der Waals surface area contributed by atoms with Crippen molar-refractivity contribution in [1.82, 2.24) is 15.0 Å². The van der Waals surface area contributed by atoms with Gasteiger partial charge in [-0.25, -0.2) is 19.2 Å². The fourth-order valence-corrected chi connectivity index (χ4v) is 5.80. The molecule has 6 aromatic rings. The number of carbonyl (C=O) groups is 10. The molecule has 0 aliphatic carbocycles. The van der Waals surface area contributed by atoms with Crippen LogP contribution < -0.4 is 0 Å². The summed E-state index contributed by atoms with van der Waals surface area (Å²) in [5.41, 5.74) is 4.46. The Hall–Kier alpha value is -8.30. The lowest BCUT2D eigenvalue weighted by Gasteiger charge is -2.24. The predicted octanol–water partition coefficient (Wildman–Crippen LogP) is 2.26. The Bertz CT molecular complexity index is 2530. The number of carboxylic acids is 4. The molecule has 63 heavy (non-hydrogen) atoms. The minimum absolute atomic E-state index is 0.00995. The Labute approximate surface area is 353 Å². The second-order valence-electron chi connectivity index (χ2n) is 13.3. The molecule has 21 nitrogen and oxygen atoms in total. The Kier molecular flexibility index (Phi) is 17.4. The van der Waals surface area contributed by atoms with Gasteiger partial charge in [-0.3, -0.25) is 28.8 Å². The number of aliphatic hydroxyl groups is 2. The molecule has 3 aromatic carbocycles. The smallest absolute Gasteiger partial charge is 0.372 e. The zero-order valence-electron chi connectivity index (χ0n) is 32.9. The maximum Gasteiger partial charge on any atom is 0.372 e. The van der Waals surface area contributed by atoms with E-state index in [0.717, 1.165) is 45.2 Å². The van der Waals surface area contributed by atoms with E-state index in [0.29, 0.717) is 11.1 Å². The first kappa shape index (κ1) is 49.1. The van der Waals surface area contributed by atoms with Gasteiger partial charge in [0.25, 0.3) is 12.9 Å². The summed E-state index contributed by atoms with van der Waals surface area (Å²) in [6.45, 7) is 0.982. The van der Waals surface area contributed by atoms with E-state index >= 15 is 0 Å². The number of ether oxygens (including phenoxy) is 2. The number of hydrogen-bond acceptors (Lipinski definition) is 14. The van der Waals surface area contributed by atoms with Crippen LogP contribution in [-0.4, -0.2) is 117 Å². The molecule has 21 heteroatoms. The minimum atomic E-state index is -2.19. The lowest BCUT2D eigenvalue weighted by Crippen LogP contribution is -2.39. The molecule has 0 saturated carbocycles. The number of Topliss-reactive ketones (excluding diaryl/α,β-unsaturated/α-hetero) is 4. The van der Waals surface area contributed by atoms with Gasteiger partial charge in [0.05, 0.1) is 12.8 Å². The second kappa shape index (κ2) is 22.3. The van der Waals surface area contributed by atoms with Crippen LogP contribution in [0.15, 0.2) is 91.4 Å². The quantitative estimate of drug-likeness (QED) is 0.0340. The molecule has 0 radical (unpaired) electrons. The summed E-state index contributed by atoms with van der Waals surface area (Å²) in [5.74, 6) is -14.6. The molecule has 0 spiro atoms. The molecule has 9 N–H and O–H groups in total. The Morgan fingerprint density at radius 3 is 1.11 bits per heavy atom. The fourth-order valence-electron chi connectivity index (χ4n) is 5.80. The number of carboxylic acid groups (broad SMARTS) is 4. The largest absolute Gasteiger partial charge is 0.476 e. The Morgan fingerprint density at radius 2 is 0.810 bits per heavy atom. The van der Waals surface area contributed by atoms with Crippen molar-refractivity contribution >= 4 is 92.7 Å². The summed E-state index contributed by atoms with van der Waals surface area (Å²) in [4.78, 5) is 114. The van der Waals surface area contributed by atoms with Gasteiger partial charge in [-0.2, -0.15) is 0 Å². The maximum absolute atomic E-state index is 11.3. The third-order valence-corrected chi connectivity index (χ3v) is 8.73. The number of benzene rings is 3. The van der Waals surface area contributed by atoms with Crippen molar-refractivity contribution in [3.63, 3.8) is 0 Å². The van der Waals surface area contributed by atoms with Crippen LogP contribution in [0.2, 0.25) is 0 Å². The number of fused-ring (bicyclic) bond motifs is 3. The van der Waals surface area contributed by atoms with Gasteiger partial charge in [0, 0.05) is 77.5 Å². The maximum atomic E-state index is 11.3. The lowest BCUT2D eigenvalue weighted by atomic mass is 9.99. The van der Waals surface area contributed by atoms with Crippen LogP contribution in [0, 0.1) is 0 Å². The number of aromatic nitrogens is 3. The van der Waals surface area contributed by atoms with E-state index in [4.69, 9.17) is 20.4 Å². The van der Waals surface area contributed by atoms with Gasteiger partial charge >= 0.3 is 23.9 Å². The fraction of sp³-hybridized carbons (Fsp3) is 0.190. The van der Waals surface area contributed by atoms with E-state index in [-0.39, 0.29) is 32.2 Å². The zero-order chi connectivity index (χ0) is 46.9. The van der Waals surface area contributed by atoms with Gasteiger partial charge in [0.1, 0.15) is 0 Å². The van der Waals surface area contributed by atoms with Crippen LogP contribution in [0.1, 0.15) is 36.5 Å². The van der Waals surface area contributed by atoms with E-state index in [1.807, 2.05) is 48.5 Å². The molecular formula is C42H39N3O18. The number of ketones is 4. The van der Waals surface area contributed by atoms with Crippen molar-refractivity contribution in [3.05, 3.63) is 108 Å². The van der Waals surface area contributed by atoms with Crippen LogP contribution in [0.5, 0.6) is 0 Å². The SMILES string of the molecule is CC(=O)C(=O)O.O=C(O)C(=O)Cc1c[nH]c2ccccc12.O=CO[C@@](O)(CC(=O)C(=O)O)Cc1c[nH]c2ccccc12.O=CO[C@](O)(CC(=O)C(=O)O)Cc1c[nH]c2ccccc12. The van der Waals surface area contributed by atoms with Crippen LogP contribution in [-0.2, 0) is 76.7 Å². The Balaban J connectivity index is 0.000000239. The summed E-state index contributed by atoms with van der Waals surface area (Å²) in [7, 11) is 0. The van der Waals surface area contributed by atoms with Crippen LogP contribution in [0.3, 0.4) is 0 Å². The van der Waals surface area contributed by atoms with E-state index in [1.165, 1.54) is 0 Å². The molecule has 3 heterocycles. The number of H-pyrrole nitrogens is 3. The zero-order valence-corrected chi connectivity index (χ0v) is 32.9. The van der Waals surface area contributed by atoms with Crippen molar-refractivity contribution in [2.24, 2.45) is 0 Å². The van der Waals surface area contributed by atoms with Gasteiger partial charge in [-0.15, -0.1) is 0 Å². The number of hydrogen-bond donors (Lipinski definition) is 9. The minimum Gasteiger partial charge on any atom is -0.476 e. The molecule has 0 unspecified atom stereocenters. The Morgan fingerprint density at radius 1 is 0.508 bits per heavy atom. The predicted molar refractivity (Wildman–Crippen MR) is 216 cm³/mol. The highest BCUT2D eigenvalue weighted by molar-refractivity contribution is 6.34. The van der Waals surface area contributed by atoms with E-state index in [1.54, 1.807) is 42.9 Å². The van der Waals surface area contributed by atoms with Crippen LogP contribution in [0.4, 0.5) is 0 Å². The highest BCUT2D eigenvalue weighted by atomic mass is 16.6. The summed E-state index contributed by atoms with van der Waals surface area (Å²) >= 11 is 0. The molecule has 0 saturated heterocycles. The van der Waals surface area contributed by atoms with Crippen molar-refractivity contribution in [2.45, 2.75) is 50.6 Å². The number of rotatable bonds is 18. The molecule has 330 valence electrons. The normalized spacial score (nSPS) is 12.2. The first-order chi connectivity index (χ1) is 29.7. The number of aromatic amines is 3. The molecule has 0 aliphatic heterocycles. The highest BCUT2D eigenvalue weighted by Gasteiger charge is 2.36. The number of aliphatic carboxylic acids is 4. The first-order valence-corrected chi connectivity index (χ1v) is 18.1. The molecule has 0 fully saturated rings. The molecular weight excluding hydrogens is 834 g/mol. The van der Waals surface area contributed by atoms with Gasteiger partial charge in [-0.1, -0.05) is 54.6 Å². The van der Waals surface area contributed by atoms with Crippen LogP contribution in [0.25, 0.3) is 32.7 Å². The summed E-state index contributed by atoms with van der Waals surface area (Å²) in [6.07, 6.45) is 2.78. The van der Waals surface area contributed by atoms with Gasteiger partial charge in [0.2, 0.25) is 34.7 Å². The van der Waals surface area contributed by atoms with Gasteiger partial charge in [0.15, 0.2) is 0 Å². The van der Waals surface area contributed by atoms with E-state index < -0.39 is 71.4 Å².